The van der Waals surface area contributed by atoms with Gasteiger partial charge in [-0.05, 0) is 31.5 Å². The highest BCUT2D eigenvalue weighted by molar-refractivity contribution is 7.90. The maximum atomic E-state index is 13.8. The Labute approximate surface area is 148 Å². The highest BCUT2D eigenvalue weighted by Gasteiger charge is 2.26. The lowest BCUT2D eigenvalue weighted by atomic mass is 10.2. The van der Waals surface area contributed by atoms with Crippen LogP contribution in [0.3, 0.4) is 0 Å². The number of sulfonamides is 1. The molecule has 1 amide bonds. The van der Waals surface area contributed by atoms with Gasteiger partial charge in [0.15, 0.2) is 0 Å². The molecule has 26 heavy (non-hydrogen) atoms. The smallest absolute Gasteiger partial charge is 0.302 e. The molecule has 3 rings (SSSR count). The zero-order valence-electron chi connectivity index (χ0n) is 14.1. The SMILES string of the molecule is Cc1ccc(F)c(S(=O)(=O)NC(=O)c2oc(-c3cnn(C)c3)nc2C)c1. The van der Waals surface area contributed by atoms with Crippen LogP contribution in [0.15, 0.2) is 39.9 Å². The first kappa shape index (κ1) is 17.8. The molecule has 0 saturated carbocycles. The summed E-state index contributed by atoms with van der Waals surface area (Å²) in [7, 11) is -2.70. The molecular formula is C16H15FN4O4S. The van der Waals surface area contributed by atoms with Crippen molar-refractivity contribution in [1.29, 1.82) is 0 Å². The standard InChI is InChI=1S/C16H15FN4O4S/c1-9-4-5-12(17)13(6-9)26(23,24)20-15(22)14-10(2)19-16(25-14)11-7-18-21(3)8-11/h4-8H,1-3H3,(H,20,22). The van der Waals surface area contributed by atoms with Crippen LogP contribution in [-0.4, -0.2) is 29.1 Å². The number of carbonyl (C=O) groups excluding carboxylic acids is 1. The van der Waals surface area contributed by atoms with Gasteiger partial charge in [-0.2, -0.15) is 5.10 Å². The third kappa shape index (κ3) is 3.36. The third-order valence-electron chi connectivity index (χ3n) is 3.56. The third-order valence-corrected chi connectivity index (χ3v) is 4.90. The summed E-state index contributed by atoms with van der Waals surface area (Å²) in [5, 5.41) is 3.97. The zero-order chi connectivity index (χ0) is 19.1. The van der Waals surface area contributed by atoms with E-state index in [0.29, 0.717) is 11.1 Å². The molecule has 0 fully saturated rings. The average molecular weight is 378 g/mol. The van der Waals surface area contributed by atoms with Gasteiger partial charge in [-0.1, -0.05) is 6.07 Å². The number of amides is 1. The van der Waals surface area contributed by atoms with E-state index in [1.165, 1.54) is 23.9 Å². The molecule has 1 aromatic carbocycles. The number of benzene rings is 1. The summed E-state index contributed by atoms with van der Waals surface area (Å²) in [5.74, 6) is -2.15. The van der Waals surface area contributed by atoms with Crippen LogP contribution in [0.2, 0.25) is 0 Å². The first-order valence-electron chi connectivity index (χ1n) is 7.47. The molecule has 1 N–H and O–H groups in total. The topological polar surface area (TPSA) is 107 Å². The van der Waals surface area contributed by atoms with Crippen molar-refractivity contribution in [3.05, 3.63) is 53.4 Å². The van der Waals surface area contributed by atoms with E-state index in [1.807, 2.05) is 0 Å². The molecule has 0 aliphatic rings. The molecule has 2 heterocycles. The Kier molecular flexibility index (Phi) is 4.36. The second-order valence-electron chi connectivity index (χ2n) is 5.70. The normalized spacial score (nSPS) is 11.5. The molecule has 0 aliphatic carbocycles. The Morgan fingerprint density at radius 3 is 2.69 bits per heavy atom. The van der Waals surface area contributed by atoms with Gasteiger partial charge >= 0.3 is 5.91 Å². The summed E-state index contributed by atoms with van der Waals surface area (Å²) in [6, 6.07) is 3.59. The summed E-state index contributed by atoms with van der Waals surface area (Å²) in [6.07, 6.45) is 3.12. The Bertz CT molecular complexity index is 1100. The number of rotatable bonds is 4. The lowest BCUT2D eigenvalue weighted by Crippen LogP contribution is -2.31. The second kappa shape index (κ2) is 6.37. The molecular weight excluding hydrogens is 363 g/mol. The molecule has 0 aliphatic heterocycles. The van der Waals surface area contributed by atoms with Gasteiger partial charge in [-0.15, -0.1) is 0 Å². The summed E-state index contributed by atoms with van der Waals surface area (Å²) in [5.41, 5.74) is 1.26. The van der Waals surface area contributed by atoms with Crippen molar-refractivity contribution in [3.8, 4) is 11.5 Å². The summed E-state index contributed by atoms with van der Waals surface area (Å²) < 4.78 is 47.2. The van der Waals surface area contributed by atoms with Gasteiger partial charge in [0.05, 0.1) is 17.5 Å². The van der Waals surface area contributed by atoms with Crippen LogP contribution in [-0.2, 0) is 17.1 Å². The molecule has 0 saturated heterocycles. The van der Waals surface area contributed by atoms with E-state index in [2.05, 4.69) is 10.1 Å². The van der Waals surface area contributed by atoms with Gasteiger partial charge < -0.3 is 4.42 Å². The van der Waals surface area contributed by atoms with Gasteiger partial charge in [-0.25, -0.2) is 22.5 Å². The maximum Gasteiger partial charge on any atom is 0.302 e. The molecule has 10 heteroatoms. The summed E-state index contributed by atoms with van der Waals surface area (Å²) >= 11 is 0. The molecule has 2 aromatic heterocycles. The number of oxazole rings is 1. The van der Waals surface area contributed by atoms with Crippen molar-refractivity contribution in [3.63, 3.8) is 0 Å². The minimum Gasteiger partial charge on any atom is -0.430 e. The summed E-state index contributed by atoms with van der Waals surface area (Å²) in [6.45, 7) is 3.11. The molecule has 0 atom stereocenters. The van der Waals surface area contributed by atoms with E-state index in [4.69, 9.17) is 4.42 Å². The van der Waals surface area contributed by atoms with Crippen molar-refractivity contribution < 1.29 is 22.0 Å². The molecule has 3 aromatic rings. The van der Waals surface area contributed by atoms with Crippen LogP contribution in [0.5, 0.6) is 0 Å². The predicted molar refractivity (Wildman–Crippen MR) is 89.2 cm³/mol. The molecule has 0 radical (unpaired) electrons. The van der Waals surface area contributed by atoms with Crippen LogP contribution in [0.25, 0.3) is 11.5 Å². The van der Waals surface area contributed by atoms with Crippen LogP contribution in [0, 0.1) is 19.7 Å². The number of aryl methyl sites for hydroxylation is 3. The molecule has 0 spiro atoms. The quantitative estimate of drug-likeness (QED) is 0.744. The van der Waals surface area contributed by atoms with Gasteiger partial charge in [0.2, 0.25) is 11.7 Å². The number of nitrogens with zero attached hydrogens (tertiary/aromatic N) is 3. The Hall–Kier alpha value is -3.01. The minimum absolute atomic E-state index is 0.125. The van der Waals surface area contributed by atoms with Gasteiger partial charge in [0.25, 0.3) is 10.0 Å². The molecule has 0 unspecified atom stereocenters. The Morgan fingerprint density at radius 2 is 2.04 bits per heavy atom. The highest BCUT2D eigenvalue weighted by atomic mass is 32.2. The fourth-order valence-corrected chi connectivity index (χ4v) is 3.41. The Balaban J connectivity index is 1.90. The van der Waals surface area contributed by atoms with Crippen molar-refractivity contribution in [2.24, 2.45) is 7.05 Å². The van der Waals surface area contributed by atoms with E-state index in [0.717, 1.165) is 12.1 Å². The van der Waals surface area contributed by atoms with E-state index in [9.17, 15) is 17.6 Å². The summed E-state index contributed by atoms with van der Waals surface area (Å²) in [4.78, 5) is 15.8. The number of aromatic nitrogens is 3. The molecule has 0 bridgehead atoms. The van der Waals surface area contributed by atoms with Gasteiger partial charge in [0, 0.05) is 13.2 Å². The first-order chi connectivity index (χ1) is 12.2. The second-order valence-corrected chi connectivity index (χ2v) is 7.36. The average Bonchev–Trinajstić information content (AvgIpc) is 3.15. The first-order valence-corrected chi connectivity index (χ1v) is 8.95. The number of carbonyl (C=O) groups is 1. The van der Waals surface area contributed by atoms with Crippen molar-refractivity contribution in [1.82, 2.24) is 19.5 Å². The molecule has 8 nitrogen and oxygen atoms in total. The lowest BCUT2D eigenvalue weighted by Gasteiger charge is -2.07. The van der Waals surface area contributed by atoms with E-state index in [-0.39, 0.29) is 17.3 Å². The predicted octanol–water partition coefficient (Wildman–Crippen LogP) is 1.95. The largest absolute Gasteiger partial charge is 0.430 e. The molecule has 136 valence electrons. The highest BCUT2D eigenvalue weighted by Crippen LogP contribution is 2.22. The lowest BCUT2D eigenvalue weighted by molar-refractivity contribution is 0.0954. The number of hydrogen-bond acceptors (Lipinski definition) is 6. The van der Waals surface area contributed by atoms with Crippen LogP contribution in [0.4, 0.5) is 4.39 Å². The van der Waals surface area contributed by atoms with Crippen LogP contribution >= 0.6 is 0 Å². The zero-order valence-corrected chi connectivity index (χ0v) is 15.0. The van der Waals surface area contributed by atoms with E-state index >= 15 is 0 Å². The minimum atomic E-state index is -4.41. The fraction of sp³-hybridized carbons (Fsp3) is 0.188. The number of nitrogens with one attached hydrogen (secondary N) is 1. The van der Waals surface area contributed by atoms with Crippen LogP contribution in [0.1, 0.15) is 21.8 Å². The fourth-order valence-electron chi connectivity index (χ4n) is 2.30. The van der Waals surface area contributed by atoms with Gasteiger partial charge in [-0.3, -0.25) is 9.48 Å². The number of halogens is 1. The van der Waals surface area contributed by atoms with E-state index in [1.54, 1.807) is 24.9 Å². The maximum absolute atomic E-state index is 13.8. The monoisotopic (exact) mass is 378 g/mol. The Morgan fingerprint density at radius 1 is 1.31 bits per heavy atom. The van der Waals surface area contributed by atoms with Crippen molar-refractivity contribution in [2.45, 2.75) is 18.7 Å². The van der Waals surface area contributed by atoms with Crippen molar-refractivity contribution >= 4 is 15.9 Å². The van der Waals surface area contributed by atoms with Gasteiger partial charge in [0.1, 0.15) is 10.7 Å². The van der Waals surface area contributed by atoms with Crippen LogP contribution < -0.4 is 4.72 Å². The van der Waals surface area contributed by atoms with E-state index < -0.39 is 26.6 Å². The number of hydrogen-bond donors (Lipinski definition) is 1. The van der Waals surface area contributed by atoms with Crippen molar-refractivity contribution in [2.75, 3.05) is 0 Å².